The van der Waals surface area contributed by atoms with Gasteiger partial charge in [-0.15, -0.1) is 11.8 Å². The number of halogens is 1. The lowest BCUT2D eigenvalue weighted by molar-refractivity contribution is -0.384. The van der Waals surface area contributed by atoms with E-state index in [9.17, 15) is 10.1 Å². The van der Waals surface area contributed by atoms with Crippen LogP contribution >= 0.6 is 27.7 Å². The highest BCUT2D eigenvalue weighted by Gasteiger charge is 2.10. The lowest BCUT2D eigenvalue weighted by Crippen LogP contribution is -2.09. The molecular weight excluding hydrogens is 344 g/mol. The van der Waals surface area contributed by atoms with Crippen molar-refractivity contribution in [2.45, 2.75) is 10.8 Å². The number of anilines is 1. The third-order valence-electron chi connectivity index (χ3n) is 2.53. The molecule has 1 aromatic carbocycles. The number of hydrogen-bond acceptors (Lipinski definition) is 6. The minimum Gasteiger partial charge on any atom is -0.324 e. The number of nitro benzene ring substituents is 1. The molecule has 3 N–H and O–H groups in total. The topological polar surface area (TPSA) is 94.1 Å². The summed E-state index contributed by atoms with van der Waals surface area (Å²) in [4.78, 5) is 14.6. The third kappa shape index (κ3) is 3.69. The number of hydrogen-bond donors (Lipinski definition) is 2. The van der Waals surface area contributed by atoms with E-state index >= 15 is 0 Å². The number of rotatable bonds is 5. The molecule has 0 atom stereocenters. The molecule has 2 rings (SSSR count). The van der Waals surface area contributed by atoms with Gasteiger partial charge in [0.25, 0.3) is 5.69 Å². The zero-order valence-electron chi connectivity index (χ0n) is 10.2. The van der Waals surface area contributed by atoms with Crippen LogP contribution in [0.25, 0.3) is 0 Å². The number of non-ortho nitro benzene ring substituents is 1. The molecule has 0 spiro atoms. The summed E-state index contributed by atoms with van der Waals surface area (Å²) in [7, 11) is 0. The van der Waals surface area contributed by atoms with E-state index in [1.807, 2.05) is 12.1 Å². The Bertz CT molecular complexity index is 621. The van der Waals surface area contributed by atoms with E-state index in [0.717, 1.165) is 15.1 Å². The largest absolute Gasteiger partial charge is 0.324 e. The van der Waals surface area contributed by atoms with Crippen LogP contribution in [0.5, 0.6) is 0 Å². The van der Waals surface area contributed by atoms with Crippen LogP contribution in [0.1, 0.15) is 5.56 Å². The van der Waals surface area contributed by atoms with E-state index in [0.29, 0.717) is 11.4 Å². The number of nitrogens with zero attached hydrogens (tertiary/aromatic N) is 2. The SMILES string of the molecule is NNc1ccc([N+](=O)[O-])cc1CSc1ccc(Br)cn1. The van der Waals surface area contributed by atoms with Gasteiger partial charge in [-0.1, -0.05) is 0 Å². The molecule has 0 amide bonds. The number of nitro groups is 1. The Kier molecular flexibility index (Phi) is 4.94. The van der Waals surface area contributed by atoms with Gasteiger partial charge in [-0.2, -0.15) is 0 Å². The molecule has 0 aliphatic rings. The number of aromatic nitrogens is 1. The Morgan fingerprint density at radius 3 is 2.80 bits per heavy atom. The molecule has 6 nitrogen and oxygen atoms in total. The van der Waals surface area contributed by atoms with E-state index < -0.39 is 4.92 Å². The monoisotopic (exact) mass is 354 g/mol. The van der Waals surface area contributed by atoms with Gasteiger partial charge in [0.1, 0.15) is 0 Å². The molecule has 2 aromatic rings. The van der Waals surface area contributed by atoms with Gasteiger partial charge in [0, 0.05) is 28.6 Å². The first kappa shape index (κ1) is 14.8. The normalized spacial score (nSPS) is 10.3. The second kappa shape index (κ2) is 6.69. The summed E-state index contributed by atoms with van der Waals surface area (Å²) in [6.45, 7) is 0. The fraction of sp³-hybridized carbons (Fsp3) is 0.0833. The second-order valence-electron chi connectivity index (χ2n) is 3.85. The van der Waals surface area contributed by atoms with Gasteiger partial charge in [0.05, 0.1) is 15.6 Å². The van der Waals surface area contributed by atoms with Crippen molar-refractivity contribution >= 4 is 39.1 Å². The highest BCUT2D eigenvalue weighted by atomic mass is 79.9. The van der Waals surface area contributed by atoms with E-state index in [4.69, 9.17) is 5.84 Å². The summed E-state index contributed by atoms with van der Waals surface area (Å²) in [5.74, 6) is 5.95. The third-order valence-corrected chi connectivity index (χ3v) is 3.99. The molecule has 20 heavy (non-hydrogen) atoms. The van der Waals surface area contributed by atoms with Gasteiger partial charge in [0.15, 0.2) is 0 Å². The Morgan fingerprint density at radius 1 is 1.40 bits per heavy atom. The van der Waals surface area contributed by atoms with Crippen molar-refractivity contribution in [1.29, 1.82) is 0 Å². The summed E-state index contributed by atoms with van der Waals surface area (Å²) in [6.07, 6.45) is 1.71. The lowest BCUT2D eigenvalue weighted by atomic mass is 10.2. The molecule has 0 aliphatic heterocycles. The van der Waals surface area contributed by atoms with Crippen LogP contribution < -0.4 is 11.3 Å². The molecule has 0 unspecified atom stereocenters. The Hall–Kier alpha value is -1.64. The van der Waals surface area contributed by atoms with Gasteiger partial charge >= 0.3 is 0 Å². The molecule has 1 aromatic heterocycles. The van der Waals surface area contributed by atoms with Crippen LogP contribution in [-0.2, 0) is 5.75 Å². The average Bonchev–Trinajstić information content (AvgIpc) is 2.46. The maximum absolute atomic E-state index is 10.8. The Balaban J connectivity index is 2.16. The fourth-order valence-electron chi connectivity index (χ4n) is 1.55. The quantitative estimate of drug-likeness (QED) is 0.370. The molecule has 1 heterocycles. The van der Waals surface area contributed by atoms with Gasteiger partial charge in [-0.25, -0.2) is 4.98 Å². The van der Waals surface area contributed by atoms with E-state index in [1.54, 1.807) is 12.3 Å². The molecule has 0 radical (unpaired) electrons. The van der Waals surface area contributed by atoms with Crippen molar-refractivity contribution in [1.82, 2.24) is 4.98 Å². The maximum Gasteiger partial charge on any atom is 0.269 e. The van der Waals surface area contributed by atoms with Crippen molar-refractivity contribution in [3.8, 4) is 0 Å². The number of nitrogen functional groups attached to an aromatic ring is 1. The summed E-state index contributed by atoms with van der Waals surface area (Å²) < 4.78 is 0.904. The number of nitrogens with two attached hydrogens (primary N) is 1. The molecule has 0 saturated heterocycles. The minimum atomic E-state index is -0.424. The number of benzene rings is 1. The first-order valence-corrected chi connectivity index (χ1v) is 7.36. The molecule has 8 heteroatoms. The number of pyridine rings is 1. The van der Waals surface area contributed by atoms with Crippen molar-refractivity contribution in [2.75, 3.05) is 5.43 Å². The highest BCUT2D eigenvalue weighted by molar-refractivity contribution is 9.10. The predicted octanol–water partition coefficient (Wildman–Crippen LogP) is 3.33. The highest BCUT2D eigenvalue weighted by Crippen LogP contribution is 2.28. The molecule has 104 valence electrons. The van der Waals surface area contributed by atoms with Gasteiger partial charge in [-0.3, -0.25) is 16.0 Å². The predicted molar refractivity (Wildman–Crippen MR) is 82.4 cm³/mol. The zero-order valence-corrected chi connectivity index (χ0v) is 12.6. The molecule has 0 aliphatic carbocycles. The standard InChI is InChI=1S/C12H11BrN4O2S/c13-9-1-4-12(15-6-9)20-7-8-5-10(17(18)19)2-3-11(8)16-14/h1-6,16H,7,14H2. The molecule has 0 fully saturated rings. The zero-order chi connectivity index (χ0) is 14.5. The van der Waals surface area contributed by atoms with E-state index in [1.165, 1.54) is 23.9 Å². The van der Waals surface area contributed by atoms with Crippen LogP contribution in [-0.4, -0.2) is 9.91 Å². The van der Waals surface area contributed by atoms with Crippen LogP contribution in [0.3, 0.4) is 0 Å². The smallest absolute Gasteiger partial charge is 0.269 e. The van der Waals surface area contributed by atoms with Crippen LogP contribution in [0.15, 0.2) is 46.0 Å². The van der Waals surface area contributed by atoms with Gasteiger partial charge in [-0.05, 0) is 39.7 Å². The van der Waals surface area contributed by atoms with Crippen LogP contribution in [0.2, 0.25) is 0 Å². The van der Waals surface area contributed by atoms with Crippen LogP contribution in [0, 0.1) is 10.1 Å². The number of nitrogens with one attached hydrogen (secondary N) is 1. The first-order chi connectivity index (χ1) is 9.60. The number of hydrazine groups is 1. The summed E-state index contributed by atoms with van der Waals surface area (Å²) >= 11 is 4.80. The summed E-state index contributed by atoms with van der Waals surface area (Å²) in [5.41, 5.74) is 4.02. The van der Waals surface area contributed by atoms with Crippen molar-refractivity contribution in [3.63, 3.8) is 0 Å². The average molecular weight is 355 g/mol. The summed E-state index contributed by atoms with van der Waals surface area (Å²) in [6, 6.07) is 8.30. The van der Waals surface area contributed by atoms with E-state index in [2.05, 4.69) is 26.3 Å². The van der Waals surface area contributed by atoms with Crippen molar-refractivity contribution < 1.29 is 4.92 Å². The van der Waals surface area contributed by atoms with Crippen molar-refractivity contribution in [2.24, 2.45) is 5.84 Å². The Morgan fingerprint density at radius 2 is 2.20 bits per heavy atom. The van der Waals surface area contributed by atoms with Gasteiger partial charge < -0.3 is 5.43 Å². The molecular formula is C12H11BrN4O2S. The summed E-state index contributed by atoms with van der Waals surface area (Å²) in [5, 5.41) is 11.6. The number of thioether (sulfide) groups is 1. The van der Waals surface area contributed by atoms with Crippen LogP contribution in [0.4, 0.5) is 11.4 Å². The fourth-order valence-corrected chi connectivity index (χ4v) is 2.62. The Labute approximate surface area is 128 Å². The lowest BCUT2D eigenvalue weighted by Gasteiger charge is -2.08. The van der Waals surface area contributed by atoms with Gasteiger partial charge in [0.2, 0.25) is 0 Å². The second-order valence-corrected chi connectivity index (χ2v) is 5.76. The molecule has 0 saturated carbocycles. The molecule has 0 bridgehead atoms. The van der Waals surface area contributed by atoms with Crippen molar-refractivity contribution in [3.05, 3.63) is 56.7 Å². The minimum absolute atomic E-state index is 0.0448. The first-order valence-electron chi connectivity index (χ1n) is 5.58. The van der Waals surface area contributed by atoms with E-state index in [-0.39, 0.29) is 5.69 Å². The maximum atomic E-state index is 10.8.